The molecule has 0 saturated heterocycles. The van der Waals surface area contributed by atoms with Crippen LogP contribution in [0.2, 0.25) is 0 Å². The van der Waals surface area contributed by atoms with E-state index in [1.165, 1.54) is 4.90 Å². The number of anilines is 1. The highest BCUT2D eigenvalue weighted by molar-refractivity contribution is 7.99. The molecule has 19 heavy (non-hydrogen) atoms. The van der Waals surface area contributed by atoms with E-state index >= 15 is 0 Å². The van der Waals surface area contributed by atoms with Crippen LogP contribution in [-0.4, -0.2) is 17.3 Å². The number of fused-ring (bicyclic) bond motifs is 1. The fourth-order valence-corrected chi connectivity index (χ4v) is 2.68. The van der Waals surface area contributed by atoms with Gasteiger partial charge in [0.25, 0.3) is 0 Å². The van der Waals surface area contributed by atoms with Crippen LogP contribution in [0.5, 0.6) is 0 Å². The summed E-state index contributed by atoms with van der Waals surface area (Å²) in [6.45, 7) is 0.872. The molecule has 1 aromatic carbocycles. The van der Waals surface area contributed by atoms with Crippen molar-refractivity contribution in [3.8, 4) is 0 Å². The molecule has 2 heterocycles. The Kier molecular flexibility index (Phi) is 3.70. The van der Waals surface area contributed by atoms with Gasteiger partial charge >= 0.3 is 0 Å². The van der Waals surface area contributed by atoms with Crippen molar-refractivity contribution in [1.82, 2.24) is 4.98 Å². The second kappa shape index (κ2) is 5.80. The second-order valence-electron chi connectivity index (χ2n) is 4.08. The van der Waals surface area contributed by atoms with Gasteiger partial charge in [-0.15, -0.1) is 11.8 Å². The Bertz CT molecular complexity index is 651. The van der Waals surface area contributed by atoms with Gasteiger partial charge in [-0.2, -0.15) is 0 Å². The summed E-state index contributed by atoms with van der Waals surface area (Å²) in [6.07, 6.45) is 3.45. The summed E-state index contributed by atoms with van der Waals surface area (Å²) in [5.41, 5.74) is 0.869. The molecule has 0 spiro atoms. The highest BCUT2D eigenvalue weighted by Crippen LogP contribution is 2.22. The van der Waals surface area contributed by atoms with Crippen molar-refractivity contribution in [2.45, 2.75) is 4.90 Å². The van der Waals surface area contributed by atoms with Crippen LogP contribution in [-0.2, 0) is 0 Å². The van der Waals surface area contributed by atoms with E-state index in [0.29, 0.717) is 0 Å². The zero-order valence-electron chi connectivity index (χ0n) is 10.4. The average Bonchev–Trinajstić information content (AvgIpc) is 2.94. The molecule has 4 heteroatoms. The molecule has 0 aliphatic heterocycles. The molecule has 0 aliphatic rings. The van der Waals surface area contributed by atoms with Crippen molar-refractivity contribution in [3.63, 3.8) is 0 Å². The zero-order chi connectivity index (χ0) is 12.9. The summed E-state index contributed by atoms with van der Waals surface area (Å²) in [5.74, 6) is 1.89. The van der Waals surface area contributed by atoms with Gasteiger partial charge in [0.2, 0.25) is 0 Å². The maximum Gasteiger partial charge on any atom is 0.139 e. The SMILES string of the molecule is c1ccc(SCCNc2nccc3occc23)cc1. The van der Waals surface area contributed by atoms with Gasteiger partial charge in [-0.1, -0.05) is 18.2 Å². The molecular weight excluding hydrogens is 256 g/mol. The maximum atomic E-state index is 5.35. The number of hydrogen-bond donors (Lipinski definition) is 1. The molecule has 0 aliphatic carbocycles. The summed E-state index contributed by atoms with van der Waals surface area (Å²) in [4.78, 5) is 5.63. The lowest BCUT2D eigenvalue weighted by molar-refractivity contribution is 0.615. The normalized spacial score (nSPS) is 10.7. The van der Waals surface area contributed by atoms with Crippen LogP contribution >= 0.6 is 11.8 Å². The third kappa shape index (κ3) is 2.90. The van der Waals surface area contributed by atoms with Gasteiger partial charge in [0.1, 0.15) is 11.4 Å². The number of benzene rings is 1. The van der Waals surface area contributed by atoms with Gasteiger partial charge in [0, 0.05) is 23.4 Å². The lowest BCUT2D eigenvalue weighted by Gasteiger charge is -2.06. The smallest absolute Gasteiger partial charge is 0.139 e. The molecule has 96 valence electrons. The Morgan fingerprint density at radius 2 is 2.00 bits per heavy atom. The largest absolute Gasteiger partial charge is 0.464 e. The van der Waals surface area contributed by atoms with E-state index in [-0.39, 0.29) is 0 Å². The van der Waals surface area contributed by atoms with Gasteiger partial charge in [-0.05, 0) is 24.3 Å². The third-order valence-corrected chi connectivity index (χ3v) is 3.80. The van der Waals surface area contributed by atoms with Crippen LogP contribution in [0.3, 0.4) is 0 Å². The number of pyridine rings is 1. The monoisotopic (exact) mass is 270 g/mol. The van der Waals surface area contributed by atoms with E-state index in [2.05, 4.69) is 34.6 Å². The molecule has 3 aromatic rings. The Labute approximate surface area is 116 Å². The van der Waals surface area contributed by atoms with Crippen LogP contribution in [0, 0.1) is 0 Å². The summed E-state index contributed by atoms with van der Waals surface area (Å²) >= 11 is 1.83. The van der Waals surface area contributed by atoms with E-state index < -0.39 is 0 Å². The molecule has 3 rings (SSSR count). The summed E-state index contributed by atoms with van der Waals surface area (Å²) in [7, 11) is 0. The Morgan fingerprint density at radius 1 is 1.11 bits per heavy atom. The highest BCUT2D eigenvalue weighted by atomic mass is 32.2. The van der Waals surface area contributed by atoms with Crippen LogP contribution in [0.1, 0.15) is 0 Å². The van der Waals surface area contributed by atoms with E-state index in [0.717, 1.165) is 29.1 Å². The predicted octanol–water partition coefficient (Wildman–Crippen LogP) is 4.03. The third-order valence-electron chi connectivity index (χ3n) is 2.79. The van der Waals surface area contributed by atoms with E-state index in [4.69, 9.17) is 4.42 Å². The minimum atomic E-state index is 0.869. The fourth-order valence-electron chi connectivity index (χ4n) is 1.89. The van der Waals surface area contributed by atoms with Gasteiger partial charge in [0.05, 0.1) is 11.6 Å². The summed E-state index contributed by atoms with van der Waals surface area (Å²) in [6, 6.07) is 14.2. The van der Waals surface area contributed by atoms with Crippen LogP contribution in [0.4, 0.5) is 5.82 Å². The lowest BCUT2D eigenvalue weighted by atomic mass is 10.3. The lowest BCUT2D eigenvalue weighted by Crippen LogP contribution is -2.05. The number of aromatic nitrogens is 1. The number of thioether (sulfide) groups is 1. The fraction of sp³-hybridized carbons (Fsp3) is 0.133. The van der Waals surface area contributed by atoms with Crippen molar-refractivity contribution < 1.29 is 4.42 Å². The van der Waals surface area contributed by atoms with E-state index in [1.54, 1.807) is 12.5 Å². The molecule has 0 radical (unpaired) electrons. The first-order valence-corrected chi connectivity index (χ1v) is 7.16. The van der Waals surface area contributed by atoms with Gasteiger partial charge in [-0.3, -0.25) is 0 Å². The Morgan fingerprint density at radius 3 is 2.89 bits per heavy atom. The number of furan rings is 1. The van der Waals surface area contributed by atoms with Crippen LogP contribution in [0.25, 0.3) is 11.0 Å². The van der Waals surface area contributed by atoms with Crippen molar-refractivity contribution in [3.05, 3.63) is 54.9 Å². The van der Waals surface area contributed by atoms with E-state index in [9.17, 15) is 0 Å². The minimum absolute atomic E-state index is 0.869. The predicted molar refractivity (Wildman–Crippen MR) is 79.7 cm³/mol. The molecule has 1 N–H and O–H groups in total. The van der Waals surface area contributed by atoms with Gasteiger partial charge in [-0.25, -0.2) is 4.98 Å². The first-order valence-electron chi connectivity index (χ1n) is 6.17. The van der Waals surface area contributed by atoms with E-state index in [1.807, 2.05) is 30.0 Å². The standard InChI is InChI=1S/C15H14N2OS/c1-2-4-12(5-3-1)19-11-9-17-15-13-7-10-18-14(13)6-8-16-15/h1-8,10H,9,11H2,(H,16,17). The molecule has 0 saturated carbocycles. The topological polar surface area (TPSA) is 38.1 Å². The molecule has 0 unspecified atom stereocenters. The van der Waals surface area contributed by atoms with Gasteiger partial charge < -0.3 is 9.73 Å². The minimum Gasteiger partial charge on any atom is -0.464 e. The molecule has 0 fully saturated rings. The molecule has 3 nitrogen and oxygen atoms in total. The molecule has 0 amide bonds. The molecule has 0 atom stereocenters. The Hall–Kier alpha value is -1.94. The number of hydrogen-bond acceptors (Lipinski definition) is 4. The molecular formula is C15H14N2OS. The average molecular weight is 270 g/mol. The van der Waals surface area contributed by atoms with Crippen LogP contribution in [0.15, 0.2) is 64.2 Å². The first kappa shape index (κ1) is 12.1. The quantitative estimate of drug-likeness (QED) is 0.561. The van der Waals surface area contributed by atoms with Crippen molar-refractivity contribution in [2.24, 2.45) is 0 Å². The van der Waals surface area contributed by atoms with Crippen molar-refractivity contribution >= 4 is 28.5 Å². The van der Waals surface area contributed by atoms with Gasteiger partial charge in [0.15, 0.2) is 0 Å². The molecule has 2 aromatic heterocycles. The number of nitrogens with zero attached hydrogens (tertiary/aromatic N) is 1. The summed E-state index contributed by atoms with van der Waals surface area (Å²) in [5, 5.41) is 4.39. The maximum absolute atomic E-state index is 5.35. The Balaban J connectivity index is 1.57. The highest BCUT2D eigenvalue weighted by Gasteiger charge is 2.03. The van der Waals surface area contributed by atoms with Crippen molar-refractivity contribution in [1.29, 1.82) is 0 Å². The number of nitrogens with one attached hydrogen (secondary N) is 1. The zero-order valence-corrected chi connectivity index (χ0v) is 11.2. The molecule has 0 bridgehead atoms. The van der Waals surface area contributed by atoms with Crippen molar-refractivity contribution in [2.75, 3.05) is 17.6 Å². The first-order chi connectivity index (χ1) is 9.43. The number of rotatable bonds is 5. The second-order valence-corrected chi connectivity index (χ2v) is 5.25. The van der Waals surface area contributed by atoms with Crippen LogP contribution < -0.4 is 5.32 Å². The summed E-state index contributed by atoms with van der Waals surface area (Å²) < 4.78 is 5.35.